The van der Waals surface area contributed by atoms with E-state index in [0.717, 1.165) is 37.4 Å². The van der Waals surface area contributed by atoms with Crippen molar-refractivity contribution in [3.05, 3.63) is 22.4 Å². The summed E-state index contributed by atoms with van der Waals surface area (Å²) in [7, 11) is 0.0676. The first-order chi connectivity index (χ1) is 10.4. The van der Waals surface area contributed by atoms with E-state index in [-0.39, 0.29) is 11.9 Å². The van der Waals surface area contributed by atoms with Crippen LogP contribution in [0.3, 0.4) is 0 Å². The molecule has 126 valence electrons. The van der Waals surface area contributed by atoms with Gasteiger partial charge >= 0.3 is 0 Å². The molecule has 1 fully saturated rings. The Bertz CT molecular complexity index is 535. The lowest BCUT2D eigenvalue weighted by atomic mass is 9.90. The summed E-state index contributed by atoms with van der Waals surface area (Å²) < 4.78 is 24.7. The second kappa shape index (κ2) is 7.88. The van der Waals surface area contributed by atoms with Crippen LogP contribution in [0.5, 0.6) is 0 Å². The molecule has 1 unspecified atom stereocenters. The predicted molar refractivity (Wildman–Crippen MR) is 90.5 cm³/mol. The van der Waals surface area contributed by atoms with Crippen molar-refractivity contribution < 1.29 is 13.5 Å². The van der Waals surface area contributed by atoms with Gasteiger partial charge in [0.2, 0.25) is 10.0 Å². The first-order valence-corrected chi connectivity index (χ1v) is 10.2. The zero-order valence-electron chi connectivity index (χ0n) is 13.3. The Morgan fingerprint density at radius 3 is 2.64 bits per heavy atom. The Hall–Kier alpha value is -0.470. The molecule has 5 nitrogen and oxygen atoms in total. The van der Waals surface area contributed by atoms with Gasteiger partial charge in [0, 0.05) is 19.0 Å². The Morgan fingerprint density at radius 1 is 1.41 bits per heavy atom. The Kier molecular flexibility index (Phi) is 6.40. The Morgan fingerprint density at radius 2 is 2.09 bits per heavy atom. The molecule has 1 aliphatic rings. The summed E-state index contributed by atoms with van der Waals surface area (Å²) in [4.78, 5) is 3.36. The highest BCUT2D eigenvalue weighted by molar-refractivity contribution is 7.89. The smallest absolute Gasteiger partial charge is 0.213 e. The molecule has 2 rings (SSSR count). The average molecular weight is 347 g/mol. The van der Waals surface area contributed by atoms with E-state index in [2.05, 4.69) is 4.90 Å². The molecular formula is C15H26N2O3S2. The maximum Gasteiger partial charge on any atom is 0.213 e. The number of hydrogen-bond donors (Lipinski definition) is 1. The van der Waals surface area contributed by atoms with E-state index in [0.29, 0.717) is 12.3 Å². The monoisotopic (exact) mass is 346 g/mol. The number of sulfonamides is 1. The van der Waals surface area contributed by atoms with E-state index in [1.165, 1.54) is 4.31 Å². The summed E-state index contributed by atoms with van der Waals surface area (Å²) in [5, 5.41) is 12.4. The average Bonchev–Trinajstić information content (AvgIpc) is 3.01. The molecule has 22 heavy (non-hydrogen) atoms. The molecule has 7 heteroatoms. The zero-order chi connectivity index (χ0) is 16.2. The van der Waals surface area contributed by atoms with E-state index in [9.17, 15) is 13.5 Å². The highest BCUT2D eigenvalue weighted by Crippen LogP contribution is 2.32. The number of aliphatic hydroxyl groups excluding tert-OH is 1. The second-order valence-electron chi connectivity index (χ2n) is 6.09. The minimum Gasteiger partial charge on any atom is -0.387 e. The van der Waals surface area contributed by atoms with Crippen molar-refractivity contribution in [3.8, 4) is 0 Å². The molecule has 1 aliphatic heterocycles. The molecule has 0 bridgehead atoms. The van der Waals surface area contributed by atoms with Gasteiger partial charge in [-0.25, -0.2) is 12.7 Å². The summed E-state index contributed by atoms with van der Waals surface area (Å²) in [5.74, 6) is 0.526. The zero-order valence-corrected chi connectivity index (χ0v) is 14.9. The van der Waals surface area contributed by atoms with Gasteiger partial charge in [-0.15, -0.1) is 11.3 Å². The van der Waals surface area contributed by atoms with Crippen molar-refractivity contribution >= 4 is 21.4 Å². The van der Waals surface area contributed by atoms with Crippen LogP contribution < -0.4 is 0 Å². The van der Waals surface area contributed by atoms with Crippen LogP contribution in [-0.4, -0.2) is 62.2 Å². The van der Waals surface area contributed by atoms with Crippen molar-refractivity contribution in [2.24, 2.45) is 5.92 Å². The van der Waals surface area contributed by atoms with Crippen molar-refractivity contribution in [2.75, 3.05) is 39.5 Å². The molecule has 1 aromatic rings. The molecule has 1 aromatic heterocycles. The summed E-state index contributed by atoms with van der Waals surface area (Å²) in [6, 6.07) is 3.97. The maximum absolute atomic E-state index is 11.7. The van der Waals surface area contributed by atoms with Crippen LogP contribution in [0.25, 0.3) is 0 Å². The maximum atomic E-state index is 11.7. The number of thiophene rings is 1. The summed E-state index contributed by atoms with van der Waals surface area (Å²) in [5.41, 5.74) is 0. The molecule has 0 aromatic carbocycles. The number of piperidine rings is 1. The quantitative estimate of drug-likeness (QED) is 0.817. The summed E-state index contributed by atoms with van der Waals surface area (Å²) in [6.07, 6.45) is 2.26. The van der Waals surface area contributed by atoms with Crippen molar-refractivity contribution in [3.63, 3.8) is 0 Å². The molecule has 1 saturated heterocycles. The van der Waals surface area contributed by atoms with Crippen LogP contribution in [0.4, 0.5) is 0 Å². The highest BCUT2D eigenvalue weighted by Gasteiger charge is 2.26. The third kappa shape index (κ3) is 4.76. The van der Waals surface area contributed by atoms with Crippen LogP contribution in [0.1, 0.15) is 30.2 Å². The first kappa shape index (κ1) is 17.9. The summed E-state index contributed by atoms with van der Waals surface area (Å²) >= 11 is 1.61. The van der Waals surface area contributed by atoms with Gasteiger partial charge < -0.3 is 10.0 Å². The Labute approximate surface area is 137 Å². The van der Waals surface area contributed by atoms with E-state index < -0.39 is 10.0 Å². The van der Waals surface area contributed by atoms with E-state index in [1.54, 1.807) is 25.4 Å². The van der Waals surface area contributed by atoms with Gasteiger partial charge in [0.25, 0.3) is 0 Å². The normalized spacial score (nSPS) is 19.6. The molecule has 2 heterocycles. The van der Waals surface area contributed by atoms with Crippen molar-refractivity contribution in [2.45, 2.75) is 25.4 Å². The first-order valence-electron chi connectivity index (χ1n) is 7.74. The molecule has 0 spiro atoms. The van der Waals surface area contributed by atoms with E-state index >= 15 is 0 Å². The number of rotatable bonds is 7. The molecule has 1 N–H and O–H groups in total. The van der Waals surface area contributed by atoms with Gasteiger partial charge in [0.15, 0.2) is 0 Å². The number of nitrogens with zero attached hydrogens (tertiary/aromatic N) is 2. The van der Waals surface area contributed by atoms with Gasteiger partial charge in [0.05, 0.1) is 11.9 Å². The Balaban J connectivity index is 1.71. The van der Waals surface area contributed by atoms with E-state index in [4.69, 9.17) is 0 Å². The number of likely N-dealkylation sites (tertiary alicyclic amines) is 1. The second-order valence-corrected chi connectivity index (χ2v) is 9.37. The largest absolute Gasteiger partial charge is 0.387 e. The van der Waals surface area contributed by atoms with Crippen LogP contribution >= 0.6 is 11.3 Å². The highest BCUT2D eigenvalue weighted by atomic mass is 32.2. The fourth-order valence-corrected chi connectivity index (χ4v) is 4.50. The third-order valence-electron chi connectivity index (χ3n) is 4.35. The minimum atomic E-state index is -3.08. The number of aliphatic hydroxyl groups is 1. The molecule has 0 amide bonds. The fourth-order valence-electron chi connectivity index (χ4n) is 2.84. The van der Waals surface area contributed by atoms with E-state index in [1.807, 2.05) is 17.5 Å². The van der Waals surface area contributed by atoms with Crippen LogP contribution in [0, 0.1) is 5.92 Å². The van der Waals surface area contributed by atoms with Gasteiger partial charge in [-0.3, -0.25) is 0 Å². The SMILES string of the molecule is CN(C)S(=O)(=O)CCCN1CCC(C(O)c2cccs2)CC1. The van der Waals surface area contributed by atoms with Crippen LogP contribution in [0.2, 0.25) is 0 Å². The lowest BCUT2D eigenvalue weighted by Crippen LogP contribution is -2.37. The molecule has 0 aliphatic carbocycles. The lowest BCUT2D eigenvalue weighted by molar-refractivity contribution is 0.0614. The van der Waals surface area contributed by atoms with Gasteiger partial charge in [-0.1, -0.05) is 6.07 Å². The number of hydrogen-bond acceptors (Lipinski definition) is 5. The van der Waals surface area contributed by atoms with Crippen molar-refractivity contribution in [1.82, 2.24) is 9.21 Å². The topological polar surface area (TPSA) is 60.9 Å². The fraction of sp³-hybridized carbons (Fsp3) is 0.733. The third-order valence-corrected chi connectivity index (χ3v) is 7.21. The standard InChI is InChI=1S/C15H26N2O3S2/c1-16(2)22(19,20)12-4-8-17-9-6-13(7-10-17)15(18)14-5-3-11-21-14/h3,5,11,13,15,18H,4,6-10,12H2,1-2H3. The lowest BCUT2D eigenvalue weighted by Gasteiger charge is -2.34. The van der Waals surface area contributed by atoms with Gasteiger partial charge in [-0.2, -0.15) is 0 Å². The minimum absolute atomic E-state index is 0.206. The van der Waals surface area contributed by atoms with Crippen LogP contribution in [-0.2, 0) is 10.0 Å². The molecule has 1 atom stereocenters. The molecular weight excluding hydrogens is 320 g/mol. The molecule has 0 radical (unpaired) electrons. The van der Waals surface area contributed by atoms with Crippen molar-refractivity contribution in [1.29, 1.82) is 0 Å². The predicted octanol–water partition coefficient (Wildman–Crippen LogP) is 1.78. The molecule has 0 saturated carbocycles. The van der Waals surface area contributed by atoms with Gasteiger partial charge in [0.1, 0.15) is 0 Å². The van der Waals surface area contributed by atoms with Gasteiger partial charge in [-0.05, 0) is 56.3 Å². The summed E-state index contributed by atoms with van der Waals surface area (Å²) in [6.45, 7) is 2.69. The van der Waals surface area contributed by atoms with Crippen LogP contribution in [0.15, 0.2) is 17.5 Å².